The number of hydrogen-bond acceptors (Lipinski definition) is 4. The third-order valence-corrected chi connectivity index (χ3v) is 5.04. The van der Waals surface area contributed by atoms with Crippen molar-refractivity contribution in [1.82, 2.24) is 19.9 Å². The minimum Gasteiger partial charge on any atom is -0.263 e. The lowest BCUT2D eigenvalue weighted by Crippen LogP contribution is -2.26. The van der Waals surface area contributed by atoms with Crippen LogP contribution in [-0.4, -0.2) is 30.1 Å². The summed E-state index contributed by atoms with van der Waals surface area (Å²) in [6.45, 7) is 0.0656. The number of aromatic nitrogens is 3. The molecule has 0 atom stereocenters. The highest BCUT2D eigenvalue weighted by Gasteiger charge is 2.14. The van der Waals surface area contributed by atoms with Crippen LogP contribution in [0.3, 0.4) is 0 Å². The van der Waals surface area contributed by atoms with Gasteiger partial charge in [-0.2, -0.15) is 5.10 Å². The van der Waals surface area contributed by atoms with E-state index >= 15 is 0 Å². The highest BCUT2D eigenvalue weighted by atomic mass is 32.2. The van der Waals surface area contributed by atoms with Crippen LogP contribution in [0.2, 0.25) is 0 Å². The fraction of sp³-hybridized carbons (Fsp3) is 0.176. The first-order valence-electron chi connectivity index (χ1n) is 7.82. The summed E-state index contributed by atoms with van der Waals surface area (Å²) in [5, 5.41) is 6.77. The van der Waals surface area contributed by atoms with Crippen molar-refractivity contribution in [2.24, 2.45) is 0 Å². The summed E-state index contributed by atoms with van der Waals surface area (Å²) in [6.07, 6.45) is 0.647. The van der Waals surface area contributed by atoms with E-state index < -0.39 is 15.8 Å². The Hall–Kier alpha value is -2.65. The van der Waals surface area contributed by atoms with Crippen LogP contribution in [0, 0.1) is 11.6 Å². The van der Waals surface area contributed by atoms with Crippen molar-refractivity contribution in [3.05, 3.63) is 77.4 Å². The summed E-state index contributed by atoms with van der Waals surface area (Å²) in [6, 6.07) is 10.9. The van der Waals surface area contributed by atoms with Gasteiger partial charge >= 0.3 is 0 Å². The molecule has 0 unspecified atom stereocenters. The molecule has 1 aromatic heterocycles. The molecule has 0 radical (unpaired) electrons. The molecule has 6 nitrogen and oxygen atoms in total. The molecule has 1 heterocycles. The average Bonchev–Trinajstić information content (AvgIpc) is 3.02. The van der Waals surface area contributed by atoms with Gasteiger partial charge in [0.2, 0.25) is 10.0 Å². The third kappa shape index (κ3) is 4.70. The van der Waals surface area contributed by atoms with E-state index in [1.807, 2.05) is 0 Å². The van der Waals surface area contributed by atoms with Crippen LogP contribution in [-0.2, 0) is 22.9 Å². The van der Waals surface area contributed by atoms with E-state index in [4.69, 9.17) is 0 Å². The fourth-order valence-electron chi connectivity index (χ4n) is 2.38. The van der Waals surface area contributed by atoms with Crippen molar-refractivity contribution < 1.29 is 17.2 Å². The summed E-state index contributed by atoms with van der Waals surface area (Å²) >= 11 is 0. The van der Waals surface area contributed by atoms with Gasteiger partial charge in [0.05, 0.1) is 4.90 Å². The molecule has 2 N–H and O–H groups in total. The van der Waals surface area contributed by atoms with Crippen LogP contribution >= 0.6 is 0 Å². The van der Waals surface area contributed by atoms with Crippen LogP contribution in [0.5, 0.6) is 0 Å². The van der Waals surface area contributed by atoms with Crippen LogP contribution < -0.4 is 4.72 Å². The molecule has 0 saturated heterocycles. The van der Waals surface area contributed by atoms with Crippen LogP contribution in [0.1, 0.15) is 17.2 Å². The SMILES string of the molecule is O=S(=O)(NCCc1n[nH]c(Cc2cccc(F)c2)n1)c1cccc(F)c1. The third-order valence-electron chi connectivity index (χ3n) is 3.59. The van der Waals surface area contributed by atoms with Crippen molar-refractivity contribution in [3.8, 4) is 0 Å². The minimum atomic E-state index is -3.80. The normalized spacial score (nSPS) is 11.6. The van der Waals surface area contributed by atoms with Gasteiger partial charge in [-0.15, -0.1) is 0 Å². The second kappa shape index (κ2) is 7.71. The molecule has 3 rings (SSSR count). The zero-order valence-corrected chi connectivity index (χ0v) is 14.4. The molecule has 3 aromatic rings. The lowest BCUT2D eigenvalue weighted by molar-refractivity contribution is 0.577. The molecule has 0 fully saturated rings. The van der Waals surface area contributed by atoms with Gasteiger partial charge in [-0.1, -0.05) is 18.2 Å². The predicted molar refractivity (Wildman–Crippen MR) is 90.9 cm³/mol. The molecule has 9 heteroatoms. The van der Waals surface area contributed by atoms with Gasteiger partial charge in [0.15, 0.2) is 5.82 Å². The molecule has 0 amide bonds. The maximum atomic E-state index is 13.2. The first kappa shape index (κ1) is 18.2. The van der Waals surface area contributed by atoms with Crippen molar-refractivity contribution in [2.75, 3.05) is 6.54 Å². The predicted octanol–water partition coefficient (Wildman–Crippen LogP) is 2.19. The summed E-state index contributed by atoms with van der Waals surface area (Å²) in [5.74, 6) is 0.0368. The molecule has 0 saturated carbocycles. The Morgan fingerprint density at radius 2 is 1.77 bits per heavy atom. The molecule has 0 aliphatic carbocycles. The number of nitrogens with zero attached hydrogens (tertiary/aromatic N) is 2. The van der Waals surface area contributed by atoms with Gasteiger partial charge in [-0.3, -0.25) is 5.10 Å². The number of hydrogen-bond donors (Lipinski definition) is 2. The van der Waals surface area contributed by atoms with Crippen LogP contribution in [0.25, 0.3) is 0 Å². The van der Waals surface area contributed by atoms with E-state index in [2.05, 4.69) is 19.9 Å². The highest BCUT2D eigenvalue weighted by Crippen LogP contribution is 2.11. The Morgan fingerprint density at radius 1 is 1.04 bits per heavy atom. The molecule has 0 aliphatic heterocycles. The second-order valence-electron chi connectivity index (χ2n) is 5.61. The van der Waals surface area contributed by atoms with Crippen molar-refractivity contribution >= 4 is 10.0 Å². The molecule has 0 bridgehead atoms. The molecule has 2 aromatic carbocycles. The minimum absolute atomic E-state index is 0.0656. The summed E-state index contributed by atoms with van der Waals surface area (Å²) in [4.78, 5) is 4.12. The number of nitrogens with one attached hydrogen (secondary N) is 2. The lowest BCUT2D eigenvalue weighted by atomic mass is 10.1. The number of rotatable bonds is 7. The first-order valence-corrected chi connectivity index (χ1v) is 9.30. The van der Waals surface area contributed by atoms with E-state index in [0.29, 0.717) is 18.1 Å². The molecule has 136 valence electrons. The Balaban J connectivity index is 1.56. The molecular weight excluding hydrogens is 362 g/mol. The fourth-order valence-corrected chi connectivity index (χ4v) is 3.44. The van der Waals surface area contributed by atoms with Gasteiger partial charge in [0.1, 0.15) is 17.5 Å². The molecule has 26 heavy (non-hydrogen) atoms. The molecular formula is C17H16F2N4O2S. The van der Waals surface area contributed by atoms with Gasteiger partial charge in [0.25, 0.3) is 0 Å². The topological polar surface area (TPSA) is 87.7 Å². The van der Waals surface area contributed by atoms with E-state index in [0.717, 1.165) is 11.6 Å². The number of aromatic amines is 1. The maximum Gasteiger partial charge on any atom is 0.240 e. The number of H-pyrrole nitrogens is 1. The largest absolute Gasteiger partial charge is 0.263 e. The van der Waals surface area contributed by atoms with E-state index in [1.165, 1.54) is 30.3 Å². The van der Waals surface area contributed by atoms with Gasteiger partial charge in [-0.25, -0.2) is 26.9 Å². The van der Waals surface area contributed by atoms with Crippen molar-refractivity contribution in [2.45, 2.75) is 17.7 Å². The van der Waals surface area contributed by atoms with Gasteiger partial charge in [0, 0.05) is 19.4 Å². The highest BCUT2D eigenvalue weighted by molar-refractivity contribution is 7.89. The summed E-state index contributed by atoms with van der Waals surface area (Å²) < 4.78 is 52.9. The van der Waals surface area contributed by atoms with Crippen LogP contribution in [0.4, 0.5) is 8.78 Å². The van der Waals surface area contributed by atoms with E-state index in [1.54, 1.807) is 12.1 Å². The number of sulfonamides is 1. The summed E-state index contributed by atoms with van der Waals surface area (Å²) in [7, 11) is -3.80. The van der Waals surface area contributed by atoms with Crippen molar-refractivity contribution in [1.29, 1.82) is 0 Å². The Kier molecular flexibility index (Phi) is 5.38. The smallest absolute Gasteiger partial charge is 0.240 e. The zero-order chi connectivity index (χ0) is 18.6. The quantitative estimate of drug-likeness (QED) is 0.660. The first-order chi connectivity index (χ1) is 12.4. The Bertz CT molecular complexity index is 1010. The van der Waals surface area contributed by atoms with Crippen LogP contribution in [0.15, 0.2) is 53.4 Å². The maximum absolute atomic E-state index is 13.2. The Morgan fingerprint density at radius 3 is 2.50 bits per heavy atom. The van der Waals surface area contributed by atoms with E-state index in [9.17, 15) is 17.2 Å². The Labute approximate surface area is 149 Å². The van der Waals surface area contributed by atoms with Crippen molar-refractivity contribution in [3.63, 3.8) is 0 Å². The van der Waals surface area contributed by atoms with Gasteiger partial charge < -0.3 is 0 Å². The van der Waals surface area contributed by atoms with E-state index in [-0.39, 0.29) is 23.7 Å². The van der Waals surface area contributed by atoms with Gasteiger partial charge in [-0.05, 0) is 35.9 Å². The standard InChI is InChI=1S/C17H16F2N4O2S/c18-13-4-1-3-12(9-13)10-17-21-16(22-23-17)7-8-20-26(24,25)15-6-2-5-14(19)11-15/h1-6,9,11,20H,7-8,10H2,(H,21,22,23). The summed E-state index contributed by atoms with van der Waals surface area (Å²) in [5.41, 5.74) is 0.750. The second-order valence-corrected chi connectivity index (χ2v) is 7.38. The average molecular weight is 378 g/mol. The monoisotopic (exact) mass is 378 g/mol. The lowest BCUT2D eigenvalue weighted by Gasteiger charge is -2.05. The zero-order valence-electron chi connectivity index (χ0n) is 13.6. The molecule has 0 aliphatic rings. The molecule has 0 spiro atoms. The number of benzene rings is 2. The number of halogens is 2.